The fourth-order valence-corrected chi connectivity index (χ4v) is 2.19. The molecule has 0 saturated carbocycles. The van der Waals surface area contributed by atoms with Crippen LogP contribution in [0.25, 0.3) is 11.4 Å². The second kappa shape index (κ2) is 4.63. The Labute approximate surface area is 109 Å². The van der Waals surface area contributed by atoms with Crippen LogP contribution in [0.3, 0.4) is 0 Å². The zero-order valence-electron chi connectivity index (χ0n) is 9.49. The SMILES string of the molecule is Fc1cccc(-c2nc(Cl)c3c(n2)CCOC3)c1. The average molecular weight is 265 g/mol. The van der Waals surface area contributed by atoms with Gasteiger partial charge in [0.15, 0.2) is 5.82 Å². The summed E-state index contributed by atoms with van der Waals surface area (Å²) < 4.78 is 18.5. The molecule has 0 saturated heterocycles. The van der Waals surface area contributed by atoms with Crippen molar-refractivity contribution in [1.82, 2.24) is 9.97 Å². The number of nitrogens with zero attached hydrogens (tertiary/aromatic N) is 2. The second-order valence-electron chi connectivity index (χ2n) is 4.08. The second-order valence-corrected chi connectivity index (χ2v) is 4.43. The lowest BCUT2D eigenvalue weighted by Gasteiger charge is -2.17. The lowest BCUT2D eigenvalue weighted by Crippen LogP contribution is -2.14. The van der Waals surface area contributed by atoms with Crippen molar-refractivity contribution < 1.29 is 9.13 Å². The molecule has 3 nitrogen and oxygen atoms in total. The van der Waals surface area contributed by atoms with Crippen LogP contribution in [0.1, 0.15) is 11.3 Å². The average Bonchev–Trinajstić information content (AvgIpc) is 2.39. The van der Waals surface area contributed by atoms with Crippen molar-refractivity contribution in [2.45, 2.75) is 13.0 Å². The van der Waals surface area contributed by atoms with Gasteiger partial charge in [-0.2, -0.15) is 0 Å². The highest BCUT2D eigenvalue weighted by Crippen LogP contribution is 2.26. The van der Waals surface area contributed by atoms with Crippen molar-refractivity contribution in [2.75, 3.05) is 6.61 Å². The van der Waals surface area contributed by atoms with Crippen LogP contribution in [0.15, 0.2) is 24.3 Å². The number of aromatic nitrogens is 2. The molecule has 0 aliphatic carbocycles. The Morgan fingerprint density at radius 3 is 3.00 bits per heavy atom. The predicted molar refractivity (Wildman–Crippen MR) is 65.8 cm³/mol. The van der Waals surface area contributed by atoms with Gasteiger partial charge < -0.3 is 4.74 Å². The Bertz CT molecular complexity index is 604. The molecule has 0 radical (unpaired) electrons. The molecule has 3 rings (SSSR count). The first kappa shape index (κ1) is 11.6. The number of benzene rings is 1. The van der Waals surface area contributed by atoms with E-state index in [2.05, 4.69) is 9.97 Å². The van der Waals surface area contributed by atoms with Crippen LogP contribution >= 0.6 is 11.6 Å². The summed E-state index contributed by atoms with van der Waals surface area (Å²) in [5, 5.41) is 0.388. The highest BCUT2D eigenvalue weighted by molar-refractivity contribution is 6.30. The van der Waals surface area contributed by atoms with Gasteiger partial charge in [-0.15, -0.1) is 0 Å². The molecule has 2 aromatic rings. The quantitative estimate of drug-likeness (QED) is 0.743. The molecule has 0 unspecified atom stereocenters. The van der Waals surface area contributed by atoms with E-state index in [1.807, 2.05) is 0 Å². The minimum Gasteiger partial charge on any atom is -0.376 e. The third-order valence-corrected chi connectivity index (χ3v) is 3.17. The predicted octanol–water partition coefficient (Wildman–Crippen LogP) is 3.01. The first-order valence-corrected chi connectivity index (χ1v) is 6.01. The fourth-order valence-electron chi connectivity index (χ4n) is 1.95. The minimum atomic E-state index is -0.312. The van der Waals surface area contributed by atoms with E-state index in [0.717, 1.165) is 11.3 Å². The zero-order valence-corrected chi connectivity index (χ0v) is 10.2. The standard InChI is InChI=1S/C13H10ClFN2O/c14-12-10-7-18-5-4-11(10)16-13(17-12)8-2-1-3-9(15)6-8/h1-3,6H,4-5,7H2. The fraction of sp³-hybridized carbons (Fsp3) is 0.231. The number of hydrogen-bond acceptors (Lipinski definition) is 3. The maximum atomic E-state index is 13.2. The lowest BCUT2D eigenvalue weighted by atomic mass is 10.1. The van der Waals surface area contributed by atoms with Crippen molar-refractivity contribution in [2.24, 2.45) is 0 Å². The Hall–Kier alpha value is -1.52. The molecule has 1 aliphatic rings. The summed E-state index contributed by atoms with van der Waals surface area (Å²) in [6, 6.07) is 6.18. The van der Waals surface area contributed by atoms with Crippen molar-refractivity contribution in [3.8, 4) is 11.4 Å². The van der Waals surface area contributed by atoms with Gasteiger partial charge in [-0.05, 0) is 12.1 Å². The van der Waals surface area contributed by atoms with Gasteiger partial charge in [0, 0.05) is 17.5 Å². The zero-order chi connectivity index (χ0) is 12.5. The number of fused-ring (bicyclic) bond motifs is 1. The van der Waals surface area contributed by atoms with E-state index in [1.165, 1.54) is 12.1 Å². The number of halogens is 2. The summed E-state index contributed by atoms with van der Waals surface area (Å²) in [4.78, 5) is 8.65. The third-order valence-electron chi connectivity index (χ3n) is 2.85. The maximum absolute atomic E-state index is 13.2. The van der Waals surface area contributed by atoms with Gasteiger partial charge in [0.2, 0.25) is 0 Å². The molecule has 1 aromatic heterocycles. The van der Waals surface area contributed by atoms with Crippen LogP contribution in [-0.2, 0) is 17.8 Å². The molecule has 2 heterocycles. The van der Waals surface area contributed by atoms with Crippen molar-refractivity contribution >= 4 is 11.6 Å². The van der Waals surface area contributed by atoms with E-state index in [1.54, 1.807) is 12.1 Å². The lowest BCUT2D eigenvalue weighted by molar-refractivity contribution is 0.109. The Morgan fingerprint density at radius 1 is 1.28 bits per heavy atom. The molecule has 0 fully saturated rings. The smallest absolute Gasteiger partial charge is 0.161 e. The largest absolute Gasteiger partial charge is 0.376 e. The third kappa shape index (κ3) is 2.09. The van der Waals surface area contributed by atoms with Gasteiger partial charge in [-0.3, -0.25) is 0 Å². The molecule has 0 atom stereocenters. The minimum absolute atomic E-state index is 0.312. The maximum Gasteiger partial charge on any atom is 0.161 e. The van der Waals surface area contributed by atoms with Gasteiger partial charge in [-0.25, -0.2) is 14.4 Å². The summed E-state index contributed by atoms with van der Waals surface area (Å²) in [5.41, 5.74) is 2.36. The summed E-state index contributed by atoms with van der Waals surface area (Å²) in [6.45, 7) is 1.07. The summed E-state index contributed by atoms with van der Waals surface area (Å²) in [5.74, 6) is 0.147. The number of hydrogen-bond donors (Lipinski definition) is 0. The van der Waals surface area contributed by atoms with Crippen LogP contribution in [0, 0.1) is 5.82 Å². The number of rotatable bonds is 1. The Kier molecular flexibility index (Phi) is 2.97. The Morgan fingerprint density at radius 2 is 2.17 bits per heavy atom. The van der Waals surface area contributed by atoms with Gasteiger partial charge in [0.1, 0.15) is 11.0 Å². The molecule has 0 amide bonds. The van der Waals surface area contributed by atoms with Gasteiger partial charge in [0.05, 0.1) is 18.9 Å². The first-order valence-electron chi connectivity index (χ1n) is 5.63. The van der Waals surface area contributed by atoms with Crippen LogP contribution < -0.4 is 0 Å². The van der Waals surface area contributed by atoms with Gasteiger partial charge >= 0.3 is 0 Å². The molecule has 0 spiro atoms. The molecule has 92 valence electrons. The molecular weight excluding hydrogens is 255 g/mol. The molecule has 18 heavy (non-hydrogen) atoms. The highest BCUT2D eigenvalue weighted by atomic mass is 35.5. The van der Waals surface area contributed by atoms with Crippen LogP contribution in [0.4, 0.5) is 4.39 Å². The van der Waals surface area contributed by atoms with E-state index >= 15 is 0 Å². The molecule has 0 bridgehead atoms. The molecule has 5 heteroatoms. The molecular formula is C13H10ClFN2O. The molecule has 1 aromatic carbocycles. The van der Waals surface area contributed by atoms with E-state index in [0.29, 0.717) is 36.2 Å². The topological polar surface area (TPSA) is 35.0 Å². The van der Waals surface area contributed by atoms with E-state index < -0.39 is 0 Å². The summed E-state index contributed by atoms with van der Waals surface area (Å²) in [7, 11) is 0. The van der Waals surface area contributed by atoms with Crippen molar-refractivity contribution in [3.05, 3.63) is 46.5 Å². The molecule has 1 aliphatic heterocycles. The van der Waals surface area contributed by atoms with Crippen LogP contribution in [0.5, 0.6) is 0 Å². The summed E-state index contributed by atoms with van der Waals surface area (Å²) >= 11 is 6.11. The number of ether oxygens (including phenoxy) is 1. The summed E-state index contributed by atoms with van der Waals surface area (Å²) in [6.07, 6.45) is 0.708. The van der Waals surface area contributed by atoms with Crippen LogP contribution in [0.2, 0.25) is 5.15 Å². The normalized spacial score (nSPS) is 14.3. The van der Waals surface area contributed by atoms with E-state index in [9.17, 15) is 4.39 Å². The molecule has 0 N–H and O–H groups in total. The van der Waals surface area contributed by atoms with Crippen molar-refractivity contribution in [1.29, 1.82) is 0 Å². The van der Waals surface area contributed by atoms with Crippen molar-refractivity contribution in [3.63, 3.8) is 0 Å². The Balaban J connectivity index is 2.11. The first-order chi connectivity index (χ1) is 8.74. The monoisotopic (exact) mass is 264 g/mol. The van der Waals surface area contributed by atoms with Gasteiger partial charge in [-0.1, -0.05) is 23.7 Å². The van der Waals surface area contributed by atoms with Gasteiger partial charge in [0.25, 0.3) is 0 Å². The van der Waals surface area contributed by atoms with Crippen LogP contribution in [-0.4, -0.2) is 16.6 Å². The highest BCUT2D eigenvalue weighted by Gasteiger charge is 2.17. The van der Waals surface area contributed by atoms with E-state index in [-0.39, 0.29) is 5.82 Å². The van der Waals surface area contributed by atoms with E-state index in [4.69, 9.17) is 16.3 Å².